The van der Waals surface area contributed by atoms with E-state index in [4.69, 9.17) is 150 Å². The largest absolute Gasteiger partial charge is 0.693 e. The van der Waals surface area contributed by atoms with Crippen LogP contribution in [0.4, 0.5) is 0 Å². The van der Waals surface area contributed by atoms with Crippen molar-refractivity contribution in [3.05, 3.63) is 181 Å². The molecule has 47 heteroatoms. The fourth-order valence-electron chi connectivity index (χ4n) is 4.34. The Morgan fingerprint density at radius 3 is 0.454 bits per heavy atom. The molecule has 0 unspecified atom stereocenters. The second-order valence-corrected chi connectivity index (χ2v) is 48.3. The Kier molecular flexibility index (Phi) is 152. The Bertz CT molecular complexity index is 3000. The van der Waals surface area contributed by atoms with Crippen LogP contribution in [0.3, 0.4) is 0 Å². The van der Waals surface area contributed by atoms with Gasteiger partial charge in [-0.2, -0.15) is 0 Å². The number of esters is 1. The standard InChI is InChI=1S/3C8H14O3.5C6H7N.C5H8O4.2C5H10O2.3C4H10O.C2H4O2.10ClH.5H2N.5Pt/c3*1-8(2,3)6(9)4-5-7(10)11;5*1-6-4-2-3-5-7-6;1-9-5(8)3-2-4(6)7;2*1-5(2,3)4(6)7;3*1-4(2,3)5;1-2(3)4;;;;;;;;;;;;;;;;;;;;/h3*4-5H2,1-3H3,(H,10,11);5*2-5H,1H3;2-3H2,1H3,(H,6,7);2*1-3H3,(H,6,7);3*5H,1-3H3;1H3,(H,3,4);10*1H;5*1H2;;;;;/q;;;;;;;;;;;;;;;;;;;;;;;;;5*-1;5*+2/p-10. The predicted molar refractivity (Wildman–Crippen MR) is 516 cm³/mol. The maximum Gasteiger partial charge on any atom is -0.693 e. The van der Waals surface area contributed by atoms with Crippen molar-refractivity contribution in [2.24, 2.45) is 27.1 Å². The number of aryl methyl sites for hydroxylation is 5. The number of hydrogen-bond acceptors (Lipinski definition) is 20. The summed E-state index contributed by atoms with van der Waals surface area (Å²) < 4.78 is 4.20. The zero-order valence-electron chi connectivity index (χ0n) is 80.1. The number of pyridine rings is 5. The fraction of sp³-hybridized carbons (Fsp3) is 0.566. The van der Waals surface area contributed by atoms with Gasteiger partial charge in [-0.3, -0.25) is 77.7 Å². The molecule has 0 amide bonds. The summed E-state index contributed by atoms with van der Waals surface area (Å²) in [6, 6.07) is 29.3. The number of carbonyl (C=O) groups is 11. The summed E-state index contributed by atoms with van der Waals surface area (Å²) in [6.07, 6.45) is 8.96. The van der Waals surface area contributed by atoms with Crippen LogP contribution in [0.2, 0.25) is 0 Å². The van der Waals surface area contributed by atoms with E-state index in [0.29, 0.717) is 0 Å². The van der Waals surface area contributed by atoms with Crippen molar-refractivity contribution >= 4 is 159 Å². The Morgan fingerprint density at radius 2 is 0.392 bits per heavy atom. The van der Waals surface area contributed by atoms with Crippen LogP contribution in [0.25, 0.3) is 30.8 Å². The fourth-order valence-corrected chi connectivity index (χ4v) is 4.34. The third kappa shape index (κ3) is 242. The van der Waals surface area contributed by atoms with Crippen LogP contribution in [0.5, 0.6) is 0 Å². The van der Waals surface area contributed by atoms with Crippen LogP contribution < -0.4 is 0 Å². The van der Waals surface area contributed by atoms with E-state index >= 15 is 0 Å². The predicted octanol–water partition coefficient (Wildman–Crippen LogP) is 26.5. The molecule has 0 saturated carbocycles. The molecule has 5 aromatic rings. The first-order valence-electron chi connectivity index (χ1n) is 36.2. The number of carbonyl (C=O) groups excluding carboxylic acids is 4. The number of carboxylic acid groups (broad SMARTS) is 7. The zero-order valence-corrected chi connectivity index (χ0v) is 99.0. The summed E-state index contributed by atoms with van der Waals surface area (Å²) in [6.45, 7) is 52.7. The Hall–Kier alpha value is -3.46. The second kappa shape index (κ2) is 113. The normalized spacial score (nSPS) is 9.42. The van der Waals surface area contributed by atoms with Crippen LogP contribution >= 0.6 is 94.2 Å². The molecule has 0 aromatic carbocycles. The molecule has 32 nitrogen and oxygen atoms in total. The summed E-state index contributed by atoms with van der Waals surface area (Å²) in [4.78, 5) is 133. The van der Waals surface area contributed by atoms with Crippen molar-refractivity contribution in [1.29, 1.82) is 0 Å². The van der Waals surface area contributed by atoms with Crippen LogP contribution in [-0.4, -0.2) is 165 Å². The Balaban J connectivity index is -0.0000000549. The molecule has 0 aliphatic carbocycles. The van der Waals surface area contributed by atoms with E-state index in [1.165, 1.54) is 7.11 Å². The van der Waals surface area contributed by atoms with Crippen molar-refractivity contribution in [1.82, 2.24) is 24.9 Å². The monoisotopic (exact) mass is 2960 g/mol. The summed E-state index contributed by atoms with van der Waals surface area (Å²) in [7, 11) is 50.0. The van der Waals surface area contributed by atoms with Gasteiger partial charge in [0.25, 0.3) is 5.97 Å². The second-order valence-electron chi connectivity index (χ2n) is 31.9. The van der Waals surface area contributed by atoms with Gasteiger partial charge < -0.3 is 86.6 Å². The van der Waals surface area contributed by atoms with E-state index in [-0.39, 0.29) is 99.5 Å². The van der Waals surface area contributed by atoms with Crippen molar-refractivity contribution in [2.75, 3.05) is 7.11 Å². The molecule has 20 N–H and O–H groups in total. The van der Waals surface area contributed by atoms with Gasteiger partial charge in [-0.25, -0.2) is 0 Å². The van der Waals surface area contributed by atoms with Crippen molar-refractivity contribution in [3.8, 4) is 0 Å². The number of aromatic nitrogens is 5. The van der Waals surface area contributed by atoms with Gasteiger partial charge in [-0.1, -0.05) is 92.6 Å². The van der Waals surface area contributed by atoms with E-state index in [0.717, 1.165) is 35.4 Å². The van der Waals surface area contributed by atoms with Crippen molar-refractivity contribution in [3.63, 3.8) is 0 Å². The summed E-state index contributed by atoms with van der Waals surface area (Å²) >= 11 is -2.36. The molecule has 130 heavy (non-hydrogen) atoms. The average Bonchev–Trinajstić information content (AvgIpc) is 0.905. The van der Waals surface area contributed by atoms with Gasteiger partial charge >= 0.3 is 218 Å². The van der Waals surface area contributed by atoms with Gasteiger partial charge in [0.2, 0.25) is 0 Å². The molecule has 0 saturated heterocycles. The first-order chi connectivity index (χ1) is 56.3. The topological polar surface area (TPSA) is 631 Å². The van der Waals surface area contributed by atoms with Crippen LogP contribution in [-0.2, 0) is 140 Å². The van der Waals surface area contributed by atoms with E-state index in [1.54, 1.807) is 197 Å². The number of ether oxygens (including phenoxy) is 1. The number of hydrogen-bond donors (Lipinski definition) is 10. The number of nitrogens with two attached hydrogens (primary N) is 5. The molecule has 0 radical (unpaired) electrons. The summed E-state index contributed by atoms with van der Waals surface area (Å²) in [5.74, 6) is -6.56. The zero-order chi connectivity index (χ0) is 103. The number of rotatable bonds is 12. The summed E-state index contributed by atoms with van der Waals surface area (Å²) in [5.41, 5.74) is 1.47. The molecule has 0 spiro atoms. The molecule has 0 fully saturated rings. The van der Waals surface area contributed by atoms with Crippen molar-refractivity contribution < 1.29 is 191 Å². The minimum atomic E-state index is -0.986. The molecule has 0 aliphatic rings. The molecule has 0 aliphatic heterocycles. The van der Waals surface area contributed by atoms with E-state index < -0.39 is 174 Å². The van der Waals surface area contributed by atoms with E-state index in [2.05, 4.69) is 29.7 Å². The average molecular weight is 2970 g/mol. The summed E-state index contributed by atoms with van der Waals surface area (Å²) in [5, 5.41) is 82.4. The van der Waals surface area contributed by atoms with Gasteiger partial charge in [0.15, 0.2) is 0 Å². The van der Waals surface area contributed by atoms with E-state index in [9.17, 15) is 47.9 Å². The third-order valence-electron chi connectivity index (χ3n) is 10.3. The molecular formula is C83H149Cl10N10O22Pt5-5. The molecule has 0 bridgehead atoms. The van der Waals surface area contributed by atoms with Crippen LogP contribution in [0.1, 0.15) is 253 Å². The minimum absolute atomic E-state index is 0. The molecule has 0 atom stereocenters. The number of halogens is 10. The van der Waals surface area contributed by atoms with E-state index in [1.807, 2.05) is 126 Å². The number of ketones is 3. The van der Waals surface area contributed by atoms with Gasteiger partial charge in [0.1, 0.15) is 17.3 Å². The molecule has 5 aromatic heterocycles. The molecule has 788 valence electrons. The number of nitrogens with zero attached hydrogens (tertiary/aromatic N) is 5. The molecular weight excluding hydrogens is 2820 g/mol. The third-order valence-corrected chi connectivity index (χ3v) is 10.3. The Labute approximate surface area is 857 Å². The van der Waals surface area contributed by atoms with Gasteiger partial charge in [-0.05, 0) is 199 Å². The van der Waals surface area contributed by atoms with Crippen LogP contribution in [0.15, 0.2) is 122 Å². The van der Waals surface area contributed by atoms with Crippen molar-refractivity contribution in [2.45, 2.75) is 276 Å². The first kappa shape index (κ1) is 176. The number of Topliss-reactive ketones (excluding diaryl/α,β-unsaturated/α-hetero) is 3. The minimum Gasteiger partial charge on any atom is -0.693 e. The molecule has 5 rings (SSSR count). The van der Waals surface area contributed by atoms with Gasteiger partial charge in [-0.15, -0.1) is 0 Å². The number of aliphatic carboxylic acids is 7. The quantitative estimate of drug-likeness (QED) is 0.0519. The first-order valence-corrected chi connectivity index (χ1v) is 64.4. The van der Waals surface area contributed by atoms with Gasteiger partial charge in [0.05, 0.1) is 66.8 Å². The smallest absolute Gasteiger partial charge is 0.693 e. The number of methoxy groups -OCH3 is 1. The molecule has 5 heterocycles. The maximum atomic E-state index is 11.1. The number of carboxylic acids is 7. The SMILES string of the molecule is CC(=O)O.CC(C)(C)C(=O)CCC(=O)O.CC(C)(C)C(=O)CCC(=O)O.CC(C)(C)C(=O)CCC(=O)O.CC(C)(C)C(=O)O.CC(C)(C)C(=O)O.CC(C)(C)O.CC(C)(C)O.CC(C)(C)O.COC(=O)CCC(=O)O.Cc1ccccn1.Cc1ccccn1.Cc1ccccn1.Cc1ccccn1.Cc1ccccn1.[Cl][Pt][Cl].[Cl][Pt][Cl].[Cl][Pt][Cl].[Cl][Pt][Cl].[Cl][Pt][Cl].[NH2-].[NH2-].[NH2-].[NH2-].[NH2-]. The van der Waals surface area contributed by atoms with Gasteiger partial charge in [0, 0.05) is 102 Å². The maximum absolute atomic E-state index is 11.1. The Morgan fingerprint density at radius 1 is 0.277 bits per heavy atom. The van der Waals surface area contributed by atoms with Crippen LogP contribution in [0, 0.1) is 61.7 Å². The number of aliphatic hydroxyl groups is 3.